The number of nitrogens with one attached hydrogen (secondary N) is 1. The molecule has 0 aliphatic heterocycles. The van der Waals surface area contributed by atoms with Crippen LogP contribution in [-0.2, 0) is 6.54 Å². The summed E-state index contributed by atoms with van der Waals surface area (Å²) < 4.78 is 18.6. The van der Waals surface area contributed by atoms with Crippen molar-refractivity contribution in [2.24, 2.45) is 0 Å². The van der Waals surface area contributed by atoms with Crippen LogP contribution in [0.1, 0.15) is 31.8 Å². The number of pyridine rings is 3. The van der Waals surface area contributed by atoms with Crippen LogP contribution in [0.2, 0.25) is 5.02 Å². The average Bonchev–Trinajstić information content (AvgIpc) is 3.18. The number of carbonyl (C=O) groups excluding carboxylic acids is 1. The molecule has 3 heterocycles. The largest absolute Gasteiger partial charge is 0.478 e. The third-order valence-electron chi connectivity index (χ3n) is 7.72. The SMILES string of the molecule is N#Cc1cccc(-c2nc(-c3ccc(C(=O)O)cc3)cc3cccnc23)c1.O=C(NCc1ccccc1Cl)c1cccnc1Oc1ccc(F)cc1. The number of halogens is 2. The molecule has 0 radical (unpaired) electrons. The van der Waals surface area contributed by atoms with Crippen LogP contribution in [0, 0.1) is 17.1 Å². The lowest BCUT2D eigenvalue weighted by Gasteiger charge is -2.11. The Labute approximate surface area is 302 Å². The van der Waals surface area contributed by atoms with E-state index in [1.54, 1.807) is 60.8 Å². The van der Waals surface area contributed by atoms with Crippen LogP contribution in [0.5, 0.6) is 11.6 Å². The van der Waals surface area contributed by atoms with Gasteiger partial charge in [0.1, 0.15) is 17.1 Å². The summed E-state index contributed by atoms with van der Waals surface area (Å²) in [6.07, 6.45) is 3.23. The van der Waals surface area contributed by atoms with Crippen molar-refractivity contribution in [3.05, 3.63) is 173 Å². The molecule has 3 aromatic heterocycles. The molecule has 0 bridgehead atoms. The van der Waals surface area contributed by atoms with Crippen LogP contribution < -0.4 is 10.1 Å². The van der Waals surface area contributed by atoms with Crippen molar-refractivity contribution in [3.8, 4) is 40.2 Å². The molecule has 7 rings (SSSR count). The number of nitrogens with zero attached hydrogens (tertiary/aromatic N) is 4. The zero-order chi connectivity index (χ0) is 36.5. The van der Waals surface area contributed by atoms with E-state index < -0.39 is 5.97 Å². The molecule has 2 N–H and O–H groups in total. The van der Waals surface area contributed by atoms with E-state index in [2.05, 4.69) is 21.4 Å². The number of hydrogen-bond donors (Lipinski definition) is 2. The molecule has 4 aromatic carbocycles. The van der Waals surface area contributed by atoms with Crippen molar-refractivity contribution >= 4 is 34.4 Å². The summed E-state index contributed by atoms with van der Waals surface area (Å²) >= 11 is 6.09. The van der Waals surface area contributed by atoms with Gasteiger partial charge >= 0.3 is 5.97 Å². The Kier molecular flexibility index (Phi) is 10.8. The topological polar surface area (TPSA) is 138 Å². The predicted octanol–water partition coefficient (Wildman–Crippen LogP) is 9.13. The first-order valence-corrected chi connectivity index (χ1v) is 16.2. The summed E-state index contributed by atoms with van der Waals surface area (Å²) in [5, 5.41) is 22.6. The molecule has 0 saturated heterocycles. The number of carbonyl (C=O) groups is 2. The van der Waals surface area contributed by atoms with Crippen molar-refractivity contribution < 1.29 is 23.8 Å². The first-order valence-electron chi connectivity index (χ1n) is 15.8. The molecule has 0 aliphatic rings. The van der Waals surface area contributed by atoms with E-state index >= 15 is 0 Å². The predicted molar refractivity (Wildman–Crippen MR) is 195 cm³/mol. The van der Waals surface area contributed by atoms with E-state index in [4.69, 9.17) is 26.4 Å². The molecular formula is C41H27ClFN5O4. The van der Waals surface area contributed by atoms with Crippen molar-refractivity contribution in [2.75, 3.05) is 0 Å². The van der Waals surface area contributed by atoms with Crippen LogP contribution in [0.4, 0.5) is 4.39 Å². The monoisotopic (exact) mass is 707 g/mol. The van der Waals surface area contributed by atoms with Crippen LogP contribution in [0.15, 0.2) is 140 Å². The van der Waals surface area contributed by atoms with Crippen molar-refractivity contribution in [1.29, 1.82) is 5.26 Å². The number of benzene rings is 4. The van der Waals surface area contributed by atoms with E-state index in [1.807, 2.05) is 48.5 Å². The quantitative estimate of drug-likeness (QED) is 0.160. The van der Waals surface area contributed by atoms with E-state index in [-0.39, 0.29) is 35.3 Å². The third-order valence-corrected chi connectivity index (χ3v) is 8.09. The molecule has 0 aliphatic carbocycles. The summed E-state index contributed by atoms with van der Waals surface area (Å²) in [6.45, 7) is 0.281. The normalized spacial score (nSPS) is 10.4. The fraction of sp³-hybridized carbons (Fsp3) is 0.0244. The minimum atomic E-state index is -0.966. The highest BCUT2D eigenvalue weighted by Crippen LogP contribution is 2.31. The molecule has 0 fully saturated rings. The number of carboxylic acid groups (broad SMARTS) is 1. The standard InChI is InChI=1S/C22H13N3O2.C19H14ClFN2O2/c23-13-14-3-1-4-17(11-14)21-20-18(5-2-10-24-20)12-19(25-21)15-6-8-16(9-7-15)22(26)27;20-17-6-2-1-4-13(17)12-23-18(24)16-5-3-11-22-19(16)25-15-9-7-14(21)8-10-15/h1-12H,(H,26,27);1-11H,12H2,(H,23,24). The summed E-state index contributed by atoms with van der Waals surface area (Å²) in [7, 11) is 0. The van der Waals surface area contributed by atoms with Gasteiger partial charge in [-0.05, 0) is 84.4 Å². The molecule has 0 atom stereocenters. The van der Waals surface area contributed by atoms with Crippen molar-refractivity contribution in [2.45, 2.75) is 6.54 Å². The van der Waals surface area contributed by atoms with Gasteiger partial charge in [-0.3, -0.25) is 9.78 Å². The number of aromatic nitrogens is 3. The lowest BCUT2D eigenvalue weighted by Crippen LogP contribution is -2.23. The van der Waals surface area contributed by atoms with Gasteiger partial charge in [-0.2, -0.15) is 5.26 Å². The van der Waals surface area contributed by atoms with Gasteiger partial charge in [-0.15, -0.1) is 0 Å². The Balaban J connectivity index is 0.000000179. The molecule has 1 amide bonds. The maximum Gasteiger partial charge on any atom is 0.335 e. The fourth-order valence-corrected chi connectivity index (χ4v) is 5.33. The fourth-order valence-electron chi connectivity index (χ4n) is 5.13. The lowest BCUT2D eigenvalue weighted by molar-refractivity contribution is 0.0696. The van der Waals surface area contributed by atoms with Crippen molar-refractivity contribution in [3.63, 3.8) is 0 Å². The second kappa shape index (κ2) is 16.2. The minimum Gasteiger partial charge on any atom is -0.478 e. The average molecular weight is 708 g/mol. The molecule has 7 aromatic rings. The summed E-state index contributed by atoms with van der Waals surface area (Å²) in [4.78, 5) is 36.9. The van der Waals surface area contributed by atoms with E-state index in [0.717, 1.165) is 27.6 Å². The Bertz CT molecular complexity index is 2430. The highest BCUT2D eigenvalue weighted by atomic mass is 35.5. The molecule has 254 valence electrons. The van der Waals surface area contributed by atoms with Crippen LogP contribution in [-0.4, -0.2) is 31.9 Å². The number of hydrogen-bond acceptors (Lipinski definition) is 7. The number of amides is 1. The zero-order valence-electron chi connectivity index (χ0n) is 27.2. The minimum absolute atomic E-state index is 0.144. The number of fused-ring (bicyclic) bond motifs is 1. The molecule has 52 heavy (non-hydrogen) atoms. The Morgan fingerprint density at radius 1 is 0.827 bits per heavy atom. The number of ether oxygens (including phenoxy) is 1. The molecule has 0 spiro atoms. The highest BCUT2D eigenvalue weighted by Gasteiger charge is 2.15. The Hall–Kier alpha value is -6.96. The molecule has 0 saturated carbocycles. The summed E-state index contributed by atoms with van der Waals surface area (Å²) in [6, 6.07) is 37.7. The van der Waals surface area contributed by atoms with Gasteiger partial charge in [0.05, 0.1) is 34.1 Å². The van der Waals surface area contributed by atoms with Crippen molar-refractivity contribution in [1.82, 2.24) is 20.3 Å². The van der Waals surface area contributed by atoms with Crippen LogP contribution in [0.3, 0.4) is 0 Å². The van der Waals surface area contributed by atoms with Crippen LogP contribution >= 0.6 is 11.6 Å². The lowest BCUT2D eigenvalue weighted by atomic mass is 10.0. The molecular weight excluding hydrogens is 681 g/mol. The van der Waals surface area contributed by atoms with Crippen LogP contribution in [0.25, 0.3) is 33.4 Å². The van der Waals surface area contributed by atoms with E-state index in [0.29, 0.717) is 27.7 Å². The molecule has 9 nitrogen and oxygen atoms in total. The van der Waals surface area contributed by atoms with Gasteiger partial charge in [0, 0.05) is 40.5 Å². The van der Waals surface area contributed by atoms with Gasteiger partial charge in [0.25, 0.3) is 5.91 Å². The smallest absolute Gasteiger partial charge is 0.335 e. The second-order valence-electron chi connectivity index (χ2n) is 11.2. The molecule has 11 heteroatoms. The van der Waals surface area contributed by atoms with E-state index in [1.165, 1.54) is 30.5 Å². The third kappa shape index (κ3) is 8.42. The first kappa shape index (κ1) is 34.9. The number of rotatable bonds is 8. The number of carboxylic acids is 1. The van der Waals surface area contributed by atoms with Gasteiger partial charge in [-0.25, -0.2) is 19.2 Å². The highest BCUT2D eigenvalue weighted by molar-refractivity contribution is 6.31. The van der Waals surface area contributed by atoms with Gasteiger partial charge in [-0.1, -0.05) is 60.1 Å². The summed E-state index contributed by atoms with van der Waals surface area (Å²) in [5.74, 6) is -1.14. The maximum atomic E-state index is 13.0. The number of nitriles is 1. The zero-order valence-corrected chi connectivity index (χ0v) is 28.0. The number of aromatic carboxylic acids is 1. The Morgan fingerprint density at radius 2 is 1.58 bits per heavy atom. The maximum absolute atomic E-state index is 13.0. The van der Waals surface area contributed by atoms with Gasteiger partial charge in [0.2, 0.25) is 5.88 Å². The first-order chi connectivity index (χ1) is 25.3. The Morgan fingerprint density at radius 3 is 2.33 bits per heavy atom. The molecule has 0 unspecified atom stereocenters. The van der Waals surface area contributed by atoms with Gasteiger partial charge in [0.15, 0.2) is 0 Å². The summed E-state index contributed by atoms with van der Waals surface area (Å²) in [5.41, 5.74) is 5.62. The van der Waals surface area contributed by atoms with E-state index in [9.17, 15) is 19.2 Å². The second-order valence-corrected chi connectivity index (χ2v) is 11.6. The van der Waals surface area contributed by atoms with Gasteiger partial charge < -0.3 is 15.2 Å².